The Morgan fingerprint density at radius 2 is 2.02 bits per heavy atom. The maximum Gasteiger partial charge on any atom is 0.224 e. The number of amides is 2. The first-order valence-electron chi connectivity index (χ1n) is 15.7. The van der Waals surface area contributed by atoms with Crippen LogP contribution in [-0.4, -0.2) is 60.2 Å². The number of aliphatic hydroxyl groups is 1. The molecule has 2 aromatic carbocycles. The summed E-state index contributed by atoms with van der Waals surface area (Å²) in [5, 5.41) is 18.0. The molecule has 1 heterocycles. The highest BCUT2D eigenvalue weighted by molar-refractivity contribution is 5.81. The molecule has 0 aromatic heterocycles. The second kappa shape index (κ2) is 15.7. The Morgan fingerprint density at radius 1 is 1.20 bits per heavy atom. The molecular weight excluding hydrogens is 557 g/mol. The number of hydrogen-bond donors (Lipinski definition) is 3. The fourth-order valence-corrected chi connectivity index (χ4v) is 5.85. The van der Waals surface area contributed by atoms with Gasteiger partial charge < -0.3 is 25.4 Å². The van der Waals surface area contributed by atoms with Gasteiger partial charge in [-0.3, -0.25) is 9.59 Å². The van der Waals surface area contributed by atoms with Gasteiger partial charge >= 0.3 is 0 Å². The van der Waals surface area contributed by atoms with Crippen LogP contribution in [0.5, 0.6) is 5.75 Å². The summed E-state index contributed by atoms with van der Waals surface area (Å²) in [6.07, 6.45) is 15.1. The molecule has 4 rings (SSSR count). The normalized spacial score (nSPS) is 21.6. The lowest BCUT2D eigenvalue weighted by Crippen LogP contribution is -2.51. The highest BCUT2D eigenvalue weighted by atomic mass is 19.1. The Balaban J connectivity index is 1.56. The molecule has 2 aliphatic rings. The van der Waals surface area contributed by atoms with Crippen LogP contribution in [0.1, 0.15) is 75.0 Å². The molecule has 8 heteroatoms. The smallest absolute Gasteiger partial charge is 0.224 e. The lowest BCUT2D eigenvalue weighted by atomic mass is 9.95. The number of carbonyl (C=O) groups excluding carboxylic acids is 2. The van der Waals surface area contributed by atoms with Crippen molar-refractivity contribution < 1.29 is 23.8 Å². The molecule has 1 saturated carbocycles. The first kappa shape index (κ1) is 33.1. The Labute approximate surface area is 260 Å². The van der Waals surface area contributed by atoms with Crippen LogP contribution in [0.2, 0.25) is 0 Å². The van der Waals surface area contributed by atoms with Gasteiger partial charge in [-0.2, -0.15) is 0 Å². The van der Waals surface area contributed by atoms with Crippen molar-refractivity contribution in [3.05, 3.63) is 65.0 Å². The fraction of sp³-hybridized carbons (Fsp3) is 0.500. The summed E-state index contributed by atoms with van der Waals surface area (Å²) in [5.74, 6) is 4.24. The third-order valence-electron chi connectivity index (χ3n) is 8.54. The van der Waals surface area contributed by atoms with Gasteiger partial charge in [-0.15, -0.1) is 18.8 Å². The molecule has 1 aliphatic carbocycles. The van der Waals surface area contributed by atoms with E-state index in [1.54, 1.807) is 6.07 Å². The van der Waals surface area contributed by atoms with Gasteiger partial charge in [0.2, 0.25) is 11.8 Å². The SMILES string of the molecule is C#CCC1CCC(=O)N(CCC)CCCCOc2cc(F)cc(c2)CC(C(O)CNC2(c3cccc(C#C)c3)CC2)NC1=O. The fourth-order valence-electron chi connectivity index (χ4n) is 5.85. The van der Waals surface area contributed by atoms with Crippen molar-refractivity contribution in [2.24, 2.45) is 5.92 Å². The second-order valence-electron chi connectivity index (χ2n) is 12.0. The van der Waals surface area contributed by atoms with Gasteiger partial charge in [0.15, 0.2) is 0 Å². The topological polar surface area (TPSA) is 90.9 Å². The number of rotatable bonds is 8. The van der Waals surface area contributed by atoms with E-state index in [1.165, 1.54) is 12.1 Å². The number of terminal acetylenes is 2. The minimum Gasteiger partial charge on any atom is -0.493 e. The Kier molecular flexibility index (Phi) is 11.8. The van der Waals surface area contributed by atoms with Gasteiger partial charge in [-0.25, -0.2) is 4.39 Å². The number of benzene rings is 2. The van der Waals surface area contributed by atoms with Gasteiger partial charge in [0.1, 0.15) is 11.6 Å². The first-order valence-corrected chi connectivity index (χ1v) is 15.7. The van der Waals surface area contributed by atoms with Crippen molar-refractivity contribution in [2.45, 2.75) is 82.4 Å². The summed E-state index contributed by atoms with van der Waals surface area (Å²) in [7, 11) is 0. The summed E-state index contributed by atoms with van der Waals surface area (Å²) in [4.78, 5) is 28.5. The predicted octanol–water partition coefficient (Wildman–Crippen LogP) is 4.31. The molecule has 1 fully saturated rings. The molecule has 0 saturated heterocycles. The van der Waals surface area contributed by atoms with Crippen LogP contribution in [0.4, 0.5) is 4.39 Å². The van der Waals surface area contributed by atoms with Crippen LogP contribution in [0.25, 0.3) is 0 Å². The maximum absolute atomic E-state index is 14.7. The van der Waals surface area contributed by atoms with Gasteiger partial charge in [-0.05, 0) is 80.3 Å². The van der Waals surface area contributed by atoms with E-state index < -0.39 is 23.9 Å². The number of fused-ring (bicyclic) bond motifs is 2. The quantitative estimate of drug-likeness (QED) is 0.393. The lowest BCUT2D eigenvalue weighted by molar-refractivity contribution is -0.132. The third kappa shape index (κ3) is 9.08. The average Bonchev–Trinajstić information content (AvgIpc) is 3.81. The third-order valence-corrected chi connectivity index (χ3v) is 8.54. The molecule has 2 aromatic rings. The minimum atomic E-state index is -1.00. The first-order chi connectivity index (χ1) is 21.3. The molecule has 44 heavy (non-hydrogen) atoms. The molecular formula is C36H44FN3O4. The van der Waals surface area contributed by atoms with E-state index in [-0.39, 0.29) is 43.2 Å². The molecule has 0 spiro atoms. The van der Waals surface area contributed by atoms with Crippen molar-refractivity contribution in [2.75, 3.05) is 26.2 Å². The van der Waals surface area contributed by atoms with E-state index in [0.717, 1.165) is 36.8 Å². The Bertz CT molecular complexity index is 1380. The summed E-state index contributed by atoms with van der Waals surface area (Å²) in [5.41, 5.74) is 2.14. The van der Waals surface area contributed by atoms with Gasteiger partial charge in [0.05, 0.1) is 18.8 Å². The van der Waals surface area contributed by atoms with Crippen molar-refractivity contribution >= 4 is 11.8 Å². The van der Waals surface area contributed by atoms with Crippen LogP contribution in [-0.2, 0) is 21.5 Å². The highest BCUT2D eigenvalue weighted by Gasteiger charge is 2.44. The summed E-state index contributed by atoms with van der Waals surface area (Å²) in [6, 6.07) is 11.5. The van der Waals surface area contributed by atoms with Crippen LogP contribution in [0.15, 0.2) is 42.5 Å². The highest BCUT2D eigenvalue weighted by Crippen LogP contribution is 2.45. The number of aliphatic hydroxyl groups excluding tert-OH is 1. The van der Waals surface area contributed by atoms with Crippen molar-refractivity contribution in [3.63, 3.8) is 0 Å². The monoisotopic (exact) mass is 601 g/mol. The molecule has 234 valence electrons. The van der Waals surface area contributed by atoms with E-state index in [2.05, 4.69) is 22.5 Å². The standard InChI is InChI=1S/C36H44FN3O4/c1-4-10-28-13-14-34(42)40(17-5-2)18-7-8-19-44-31-22-27(21-30(37)24-31)23-32(39-35(28)43)33(41)25-38-36(15-16-36)29-12-9-11-26(6-3)20-29/h1,3,9,11-12,20-22,24,28,32-33,38,41H,5,7-8,10,13-19,23,25H2,2H3,(H,39,43). The molecule has 2 amide bonds. The van der Waals surface area contributed by atoms with Gasteiger partial charge in [0, 0.05) is 55.6 Å². The zero-order valence-electron chi connectivity index (χ0n) is 25.6. The summed E-state index contributed by atoms with van der Waals surface area (Å²) < 4.78 is 20.5. The Morgan fingerprint density at radius 3 is 2.75 bits per heavy atom. The number of carbonyl (C=O) groups is 2. The van der Waals surface area contributed by atoms with Crippen LogP contribution in [0.3, 0.4) is 0 Å². The van der Waals surface area contributed by atoms with Crippen LogP contribution < -0.4 is 15.4 Å². The summed E-state index contributed by atoms with van der Waals surface area (Å²) >= 11 is 0. The van der Waals surface area contributed by atoms with E-state index in [0.29, 0.717) is 43.9 Å². The van der Waals surface area contributed by atoms with Gasteiger partial charge in [-0.1, -0.05) is 25.0 Å². The number of halogens is 1. The zero-order valence-corrected chi connectivity index (χ0v) is 25.6. The minimum absolute atomic E-state index is 0.00921. The van der Waals surface area contributed by atoms with Crippen LogP contribution >= 0.6 is 0 Å². The second-order valence-corrected chi connectivity index (χ2v) is 12.0. The van der Waals surface area contributed by atoms with E-state index in [4.69, 9.17) is 17.6 Å². The molecule has 3 atom stereocenters. The van der Waals surface area contributed by atoms with Crippen molar-refractivity contribution in [1.29, 1.82) is 0 Å². The van der Waals surface area contributed by atoms with E-state index >= 15 is 0 Å². The van der Waals surface area contributed by atoms with Gasteiger partial charge in [0.25, 0.3) is 0 Å². The largest absolute Gasteiger partial charge is 0.493 e. The lowest BCUT2D eigenvalue weighted by Gasteiger charge is -2.29. The van der Waals surface area contributed by atoms with E-state index in [9.17, 15) is 19.1 Å². The van der Waals surface area contributed by atoms with E-state index in [1.807, 2.05) is 36.1 Å². The molecule has 0 radical (unpaired) electrons. The van der Waals surface area contributed by atoms with Crippen LogP contribution in [0, 0.1) is 36.4 Å². The molecule has 1 aliphatic heterocycles. The predicted molar refractivity (Wildman–Crippen MR) is 169 cm³/mol. The Hall–Kier alpha value is -3.85. The zero-order chi connectivity index (χ0) is 31.5. The molecule has 7 nitrogen and oxygen atoms in total. The number of hydrogen-bond acceptors (Lipinski definition) is 5. The molecule has 2 bridgehead atoms. The molecule has 3 unspecified atom stereocenters. The molecule has 3 N–H and O–H groups in total. The van der Waals surface area contributed by atoms with Crippen molar-refractivity contribution in [3.8, 4) is 30.4 Å². The number of ether oxygens (including phenoxy) is 1. The summed E-state index contributed by atoms with van der Waals surface area (Å²) in [6.45, 7) is 3.82. The number of nitrogens with zero attached hydrogens (tertiary/aromatic N) is 1. The number of nitrogens with one attached hydrogen (secondary N) is 2. The maximum atomic E-state index is 14.7. The van der Waals surface area contributed by atoms with Crippen molar-refractivity contribution in [1.82, 2.24) is 15.5 Å². The average molecular weight is 602 g/mol.